The molecule has 0 aromatic heterocycles. The van der Waals surface area contributed by atoms with E-state index in [-0.39, 0.29) is 18.1 Å². The van der Waals surface area contributed by atoms with Gasteiger partial charge in [0, 0.05) is 0 Å². The Labute approximate surface area is 127 Å². The van der Waals surface area contributed by atoms with Crippen LogP contribution in [-0.4, -0.2) is 44.3 Å². The van der Waals surface area contributed by atoms with Crippen molar-refractivity contribution in [3.63, 3.8) is 0 Å². The molecule has 1 amide bonds. The van der Waals surface area contributed by atoms with Crippen LogP contribution in [0.2, 0.25) is 0 Å². The highest BCUT2D eigenvalue weighted by Gasteiger charge is 2.39. The van der Waals surface area contributed by atoms with E-state index >= 15 is 0 Å². The number of ether oxygens (including phenoxy) is 3. The Kier molecular flexibility index (Phi) is 3.34. The van der Waals surface area contributed by atoms with Crippen LogP contribution in [0.1, 0.15) is 16.8 Å². The van der Waals surface area contributed by atoms with Crippen molar-refractivity contribution in [1.29, 1.82) is 0 Å². The van der Waals surface area contributed by atoms with Gasteiger partial charge in [0.25, 0.3) is 5.91 Å². The van der Waals surface area contributed by atoms with Crippen LogP contribution in [0.4, 0.5) is 0 Å². The quantitative estimate of drug-likeness (QED) is 0.899. The molecule has 1 saturated heterocycles. The predicted molar refractivity (Wildman–Crippen MR) is 76.1 cm³/mol. The largest absolute Gasteiger partial charge is 0.486 e. The summed E-state index contributed by atoms with van der Waals surface area (Å²) in [6.45, 7) is 1.95. The third kappa shape index (κ3) is 2.27. The third-order valence-electron chi connectivity index (χ3n) is 3.98. The Morgan fingerprint density at radius 2 is 2.18 bits per heavy atom. The average Bonchev–Trinajstić information content (AvgIpc) is 3.16. The molecule has 22 heavy (non-hydrogen) atoms. The first-order valence-electron chi connectivity index (χ1n) is 7.34. The summed E-state index contributed by atoms with van der Waals surface area (Å²) in [4.78, 5) is 17.6. The van der Waals surface area contributed by atoms with Crippen molar-refractivity contribution in [1.82, 2.24) is 5.32 Å². The van der Waals surface area contributed by atoms with Gasteiger partial charge in [0.15, 0.2) is 11.5 Å². The number of oxime groups is 1. The fourth-order valence-electron chi connectivity index (χ4n) is 2.86. The molecule has 7 nitrogen and oxygen atoms in total. The van der Waals surface area contributed by atoms with Crippen LogP contribution in [-0.2, 0) is 9.57 Å². The molecule has 7 heteroatoms. The average molecular weight is 304 g/mol. The van der Waals surface area contributed by atoms with Gasteiger partial charge >= 0.3 is 0 Å². The SMILES string of the molecule is O=C(NCC1=NOC2OCCC12)c1cccc2c1OCCO2. The lowest BCUT2D eigenvalue weighted by Gasteiger charge is -2.20. The molecule has 0 bridgehead atoms. The number of para-hydroxylation sites is 1. The smallest absolute Gasteiger partial charge is 0.255 e. The van der Waals surface area contributed by atoms with Crippen LogP contribution >= 0.6 is 0 Å². The van der Waals surface area contributed by atoms with Gasteiger partial charge in [-0.15, -0.1) is 0 Å². The van der Waals surface area contributed by atoms with Gasteiger partial charge in [-0.25, -0.2) is 0 Å². The Morgan fingerprint density at radius 1 is 1.27 bits per heavy atom. The Morgan fingerprint density at radius 3 is 3.14 bits per heavy atom. The lowest BCUT2D eigenvalue weighted by atomic mass is 10.0. The summed E-state index contributed by atoms with van der Waals surface area (Å²) >= 11 is 0. The third-order valence-corrected chi connectivity index (χ3v) is 3.98. The van der Waals surface area contributed by atoms with E-state index in [1.807, 2.05) is 0 Å². The van der Waals surface area contributed by atoms with Gasteiger partial charge in [0.05, 0.1) is 30.3 Å². The second-order valence-electron chi connectivity index (χ2n) is 5.33. The molecule has 1 N–H and O–H groups in total. The van der Waals surface area contributed by atoms with Gasteiger partial charge in [-0.3, -0.25) is 4.79 Å². The van der Waals surface area contributed by atoms with Crippen LogP contribution in [0.25, 0.3) is 0 Å². The number of amides is 1. The highest BCUT2D eigenvalue weighted by molar-refractivity contribution is 6.01. The molecule has 1 aromatic rings. The molecule has 116 valence electrons. The molecule has 2 unspecified atom stereocenters. The maximum Gasteiger partial charge on any atom is 0.255 e. The second-order valence-corrected chi connectivity index (χ2v) is 5.33. The van der Waals surface area contributed by atoms with Gasteiger partial charge in [0.1, 0.15) is 13.2 Å². The summed E-state index contributed by atoms with van der Waals surface area (Å²) < 4.78 is 16.4. The van der Waals surface area contributed by atoms with Crippen molar-refractivity contribution < 1.29 is 23.8 Å². The molecule has 3 aliphatic heterocycles. The standard InChI is InChI=1S/C15H16N2O5/c18-14(10-2-1-3-12-13(10)20-7-6-19-12)16-8-11-9-4-5-21-15(9)22-17-11/h1-3,9,15H,4-8H2,(H,16,18). The molecule has 3 heterocycles. The minimum Gasteiger partial charge on any atom is -0.486 e. The molecule has 0 radical (unpaired) electrons. The Bertz CT molecular complexity index is 630. The topological polar surface area (TPSA) is 78.4 Å². The molecular formula is C15H16N2O5. The fraction of sp³-hybridized carbons (Fsp3) is 0.467. The van der Waals surface area contributed by atoms with E-state index in [0.717, 1.165) is 12.1 Å². The molecule has 3 aliphatic rings. The lowest BCUT2D eigenvalue weighted by Crippen LogP contribution is -2.33. The highest BCUT2D eigenvalue weighted by Crippen LogP contribution is 2.33. The van der Waals surface area contributed by atoms with Crippen LogP contribution in [0.3, 0.4) is 0 Å². The van der Waals surface area contributed by atoms with Crippen LogP contribution in [0, 0.1) is 5.92 Å². The van der Waals surface area contributed by atoms with Crippen molar-refractivity contribution >= 4 is 11.6 Å². The second kappa shape index (κ2) is 5.49. The molecule has 0 aliphatic carbocycles. The van der Waals surface area contributed by atoms with Crippen molar-refractivity contribution in [3.8, 4) is 11.5 Å². The van der Waals surface area contributed by atoms with Crippen molar-refractivity contribution in [2.75, 3.05) is 26.4 Å². The zero-order valence-electron chi connectivity index (χ0n) is 11.9. The molecule has 1 fully saturated rings. The van der Waals surface area contributed by atoms with E-state index in [9.17, 15) is 4.79 Å². The number of hydrogen-bond donors (Lipinski definition) is 1. The van der Waals surface area contributed by atoms with E-state index < -0.39 is 0 Å². The van der Waals surface area contributed by atoms with Gasteiger partial charge < -0.3 is 24.4 Å². The minimum absolute atomic E-state index is 0.143. The first kappa shape index (κ1) is 13.4. The first-order valence-corrected chi connectivity index (χ1v) is 7.34. The number of carbonyl (C=O) groups excluding carboxylic acids is 1. The Balaban J connectivity index is 1.45. The van der Waals surface area contributed by atoms with Crippen molar-refractivity contribution in [3.05, 3.63) is 23.8 Å². The monoisotopic (exact) mass is 304 g/mol. The molecule has 0 spiro atoms. The van der Waals surface area contributed by atoms with E-state index in [2.05, 4.69) is 10.5 Å². The first-order chi connectivity index (χ1) is 10.8. The summed E-state index contributed by atoms with van der Waals surface area (Å²) in [6, 6.07) is 5.29. The lowest BCUT2D eigenvalue weighted by molar-refractivity contribution is -0.106. The minimum atomic E-state index is -0.284. The Hall–Kier alpha value is -2.28. The summed E-state index contributed by atoms with van der Waals surface area (Å²) in [5, 5.41) is 6.86. The van der Waals surface area contributed by atoms with E-state index in [4.69, 9.17) is 19.0 Å². The van der Waals surface area contributed by atoms with E-state index in [1.165, 1.54) is 0 Å². The van der Waals surface area contributed by atoms with E-state index in [0.29, 0.717) is 43.4 Å². The molecule has 4 rings (SSSR count). The highest BCUT2D eigenvalue weighted by atomic mass is 16.8. The van der Waals surface area contributed by atoms with Crippen LogP contribution in [0.5, 0.6) is 11.5 Å². The molecule has 0 saturated carbocycles. The molecule has 2 atom stereocenters. The zero-order valence-corrected chi connectivity index (χ0v) is 11.9. The number of fused-ring (bicyclic) bond motifs is 2. The van der Waals surface area contributed by atoms with Crippen LogP contribution < -0.4 is 14.8 Å². The van der Waals surface area contributed by atoms with E-state index in [1.54, 1.807) is 18.2 Å². The van der Waals surface area contributed by atoms with Gasteiger partial charge in [0.2, 0.25) is 6.29 Å². The number of rotatable bonds is 3. The number of carbonyl (C=O) groups is 1. The normalized spacial score (nSPS) is 25.2. The molecule has 1 aromatic carbocycles. The van der Waals surface area contributed by atoms with Crippen molar-refractivity contribution in [2.24, 2.45) is 11.1 Å². The van der Waals surface area contributed by atoms with Gasteiger partial charge in [-0.05, 0) is 18.6 Å². The van der Waals surface area contributed by atoms with Crippen LogP contribution in [0.15, 0.2) is 23.4 Å². The zero-order chi connectivity index (χ0) is 14.9. The number of benzene rings is 1. The predicted octanol–water partition coefficient (Wildman–Crippen LogP) is 0.936. The molecular weight excluding hydrogens is 288 g/mol. The summed E-state index contributed by atoms with van der Waals surface area (Å²) in [7, 11) is 0. The number of nitrogens with one attached hydrogen (secondary N) is 1. The maximum absolute atomic E-state index is 12.4. The summed E-state index contributed by atoms with van der Waals surface area (Å²) in [5.74, 6) is 1.03. The number of nitrogens with zero attached hydrogens (tertiary/aromatic N) is 1. The van der Waals surface area contributed by atoms with Gasteiger partial charge in [-0.2, -0.15) is 0 Å². The number of hydrogen-bond acceptors (Lipinski definition) is 6. The summed E-state index contributed by atoms with van der Waals surface area (Å²) in [6.07, 6.45) is 0.588. The van der Waals surface area contributed by atoms with Gasteiger partial charge in [-0.1, -0.05) is 11.2 Å². The maximum atomic E-state index is 12.4. The fourth-order valence-corrected chi connectivity index (χ4v) is 2.86. The van der Waals surface area contributed by atoms with Crippen molar-refractivity contribution in [2.45, 2.75) is 12.7 Å². The summed E-state index contributed by atoms with van der Waals surface area (Å²) in [5.41, 5.74) is 1.29.